The van der Waals surface area contributed by atoms with Crippen LogP contribution in [0, 0.1) is 0 Å². The molecule has 2 rings (SSSR count). The van der Waals surface area contributed by atoms with Gasteiger partial charge in [-0.25, -0.2) is 0 Å². The zero-order chi connectivity index (χ0) is 13.0. The van der Waals surface area contributed by atoms with Crippen molar-refractivity contribution in [1.29, 1.82) is 0 Å². The van der Waals surface area contributed by atoms with E-state index in [-0.39, 0.29) is 18.2 Å². The molecule has 1 atom stereocenters. The predicted molar refractivity (Wildman–Crippen MR) is 73.5 cm³/mol. The van der Waals surface area contributed by atoms with Crippen molar-refractivity contribution >= 4 is 17.5 Å². The molecule has 1 amide bonds. The molecular formula is C15H14ClNO. The number of carbonyl (C=O) groups is 1. The summed E-state index contributed by atoms with van der Waals surface area (Å²) in [7, 11) is 0. The SMILES string of the molecule is NC(=O)CC(c1ccccc1)c1ccccc1Cl. The highest BCUT2D eigenvalue weighted by Gasteiger charge is 2.18. The van der Waals surface area contributed by atoms with E-state index >= 15 is 0 Å². The third-order valence-corrected chi connectivity index (χ3v) is 3.23. The van der Waals surface area contributed by atoms with E-state index in [4.69, 9.17) is 17.3 Å². The second-order valence-corrected chi connectivity index (χ2v) is 4.56. The first-order chi connectivity index (χ1) is 8.68. The average molecular weight is 260 g/mol. The fraction of sp³-hybridized carbons (Fsp3) is 0.133. The van der Waals surface area contributed by atoms with Gasteiger partial charge in [0.15, 0.2) is 0 Å². The van der Waals surface area contributed by atoms with Crippen molar-refractivity contribution in [3.63, 3.8) is 0 Å². The fourth-order valence-corrected chi connectivity index (χ4v) is 2.32. The molecule has 0 aliphatic rings. The van der Waals surface area contributed by atoms with Crippen molar-refractivity contribution in [3.05, 3.63) is 70.7 Å². The van der Waals surface area contributed by atoms with Crippen LogP contribution in [0.2, 0.25) is 5.02 Å². The number of halogens is 1. The molecule has 18 heavy (non-hydrogen) atoms. The molecule has 0 saturated carbocycles. The van der Waals surface area contributed by atoms with E-state index in [1.165, 1.54) is 0 Å². The number of amides is 1. The Morgan fingerprint density at radius 1 is 1.06 bits per heavy atom. The minimum Gasteiger partial charge on any atom is -0.370 e. The second kappa shape index (κ2) is 5.69. The van der Waals surface area contributed by atoms with E-state index in [1.54, 1.807) is 0 Å². The standard InChI is InChI=1S/C15H14ClNO/c16-14-9-5-4-8-12(14)13(10-15(17)18)11-6-2-1-3-7-11/h1-9,13H,10H2,(H2,17,18). The summed E-state index contributed by atoms with van der Waals surface area (Å²) >= 11 is 6.20. The monoisotopic (exact) mass is 259 g/mol. The van der Waals surface area contributed by atoms with Gasteiger partial charge >= 0.3 is 0 Å². The van der Waals surface area contributed by atoms with Crippen LogP contribution in [0.4, 0.5) is 0 Å². The summed E-state index contributed by atoms with van der Waals surface area (Å²) in [6.45, 7) is 0. The van der Waals surface area contributed by atoms with Gasteiger partial charge in [0.2, 0.25) is 5.91 Å². The molecule has 0 bridgehead atoms. The fourth-order valence-electron chi connectivity index (χ4n) is 2.05. The number of hydrogen-bond donors (Lipinski definition) is 1. The van der Waals surface area contributed by atoms with Gasteiger partial charge in [0.05, 0.1) is 0 Å². The van der Waals surface area contributed by atoms with Crippen LogP contribution >= 0.6 is 11.6 Å². The van der Waals surface area contributed by atoms with Gasteiger partial charge in [0, 0.05) is 17.4 Å². The highest BCUT2D eigenvalue weighted by Crippen LogP contribution is 2.32. The molecule has 2 N–H and O–H groups in total. The summed E-state index contributed by atoms with van der Waals surface area (Å²) < 4.78 is 0. The quantitative estimate of drug-likeness (QED) is 0.899. The third-order valence-electron chi connectivity index (χ3n) is 2.89. The Morgan fingerprint density at radius 3 is 2.28 bits per heavy atom. The molecule has 1 unspecified atom stereocenters. The molecular weight excluding hydrogens is 246 g/mol. The molecule has 0 saturated heterocycles. The van der Waals surface area contributed by atoms with Gasteiger partial charge in [-0.3, -0.25) is 4.79 Å². The van der Waals surface area contributed by atoms with Crippen molar-refractivity contribution in [2.45, 2.75) is 12.3 Å². The number of primary amides is 1. The van der Waals surface area contributed by atoms with Gasteiger partial charge < -0.3 is 5.73 Å². The molecule has 0 heterocycles. The van der Waals surface area contributed by atoms with E-state index in [0.29, 0.717) is 5.02 Å². The lowest BCUT2D eigenvalue weighted by Crippen LogP contribution is -2.16. The van der Waals surface area contributed by atoms with Gasteiger partial charge in [0.1, 0.15) is 0 Å². The Bertz CT molecular complexity index is 539. The van der Waals surface area contributed by atoms with Crippen molar-refractivity contribution in [3.8, 4) is 0 Å². The maximum atomic E-state index is 11.2. The summed E-state index contributed by atoms with van der Waals surface area (Å²) in [4.78, 5) is 11.2. The summed E-state index contributed by atoms with van der Waals surface area (Å²) in [5, 5.41) is 0.660. The molecule has 2 aromatic rings. The second-order valence-electron chi connectivity index (χ2n) is 4.16. The maximum absolute atomic E-state index is 11.2. The van der Waals surface area contributed by atoms with Crippen LogP contribution in [-0.4, -0.2) is 5.91 Å². The molecule has 0 fully saturated rings. The van der Waals surface area contributed by atoms with Gasteiger partial charge in [-0.15, -0.1) is 0 Å². The largest absolute Gasteiger partial charge is 0.370 e. The van der Waals surface area contributed by atoms with Crippen LogP contribution in [0.15, 0.2) is 54.6 Å². The number of rotatable bonds is 4. The van der Waals surface area contributed by atoms with Crippen LogP contribution in [0.3, 0.4) is 0 Å². The highest BCUT2D eigenvalue weighted by atomic mass is 35.5. The van der Waals surface area contributed by atoms with Crippen molar-refractivity contribution in [1.82, 2.24) is 0 Å². The Hall–Kier alpha value is -1.80. The molecule has 3 heteroatoms. The molecule has 0 radical (unpaired) electrons. The van der Waals surface area contributed by atoms with Crippen molar-refractivity contribution in [2.24, 2.45) is 5.73 Å². The first-order valence-corrected chi connectivity index (χ1v) is 6.14. The Morgan fingerprint density at radius 2 is 1.67 bits per heavy atom. The van der Waals surface area contributed by atoms with Crippen molar-refractivity contribution in [2.75, 3.05) is 0 Å². The summed E-state index contributed by atoms with van der Waals surface area (Å²) in [6, 6.07) is 17.3. The lowest BCUT2D eigenvalue weighted by atomic mass is 9.88. The molecule has 2 aromatic carbocycles. The van der Waals surface area contributed by atoms with Crippen LogP contribution in [0.1, 0.15) is 23.5 Å². The van der Waals surface area contributed by atoms with Gasteiger partial charge in [-0.1, -0.05) is 60.1 Å². The first-order valence-electron chi connectivity index (χ1n) is 5.76. The van der Waals surface area contributed by atoms with E-state index in [1.807, 2.05) is 54.6 Å². The molecule has 0 spiro atoms. The number of carbonyl (C=O) groups excluding carboxylic acids is 1. The number of benzene rings is 2. The summed E-state index contributed by atoms with van der Waals surface area (Å²) in [5.74, 6) is -0.416. The molecule has 0 aliphatic carbocycles. The summed E-state index contributed by atoms with van der Waals surface area (Å²) in [6.07, 6.45) is 0.258. The normalized spacial score (nSPS) is 12.1. The molecule has 2 nitrogen and oxygen atoms in total. The van der Waals surface area contributed by atoms with Gasteiger partial charge in [-0.2, -0.15) is 0 Å². The summed E-state index contributed by atoms with van der Waals surface area (Å²) in [5.41, 5.74) is 7.32. The Kier molecular flexibility index (Phi) is 4.00. The maximum Gasteiger partial charge on any atom is 0.218 e. The Labute approximate surface area is 111 Å². The van der Waals surface area contributed by atoms with Crippen LogP contribution in [0.5, 0.6) is 0 Å². The topological polar surface area (TPSA) is 43.1 Å². The van der Waals surface area contributed by atoms with Gasteiger partial charge in [-0.05, 0) is 17.2 Å². The van der Waals surface area contributed by atoms with Crippen LogP contribution in [0.25, 0.3) is 0 Å². The first kappa shape index (κ1) is 12.7. The van der Waals surface area contributed by atoms with Crippen LogP contribution < -0.4 is 5.73 Å². The third kappa shape index (κ3) is 2.90. The van der Waals surface area contributed by atoms with E-state index in [9.17, 15) is 4.79 Å². The lowest BCUT2D eigenvalue weighted by molar-refractivity contribution is -0.118. The lowest BCUT2D eigenvalue weighted by Gasteiger charge is -2.17. The van der Waals surface area contributed by atoms with Crippen molar-refractivity contribution < 1.29 is 4.79 Å². The van der Waals surface area contributed by atoms with E-state index in [2.05, 4.69) is 0 Å². The average Bonchev–Trinajstić information content (AvgIpc) is 2.38. The predicted octanol–water partition coefficient (Wildman–Crippen LogP) is 3.35. The van der Waals surface area contributed by atoms with E-state index < -0.39 is 0 Å². The minimum absolute atomic E-state index is 0.0857. The Balaban J connectivity index is 2.44. The van der Waals surface area contributed by atoms with Crippen LogP contribution in [-0.2, 0) is 4.79 Å². The molecule has 92 valence electrons. The highest BCUT2D eigenvalue weighted by molar-refractivity contribution is 6.31. The molecule has 0 aliphatic heterocycles. The smallest absolute Gasteiger partial charge is 0.218 e. The molecule has 0 aromatic heterocycles. The minimum atomic E-state index is -0.330. The van der Waals surface area contributed by atoms with Gasteiger partial charge in [0.25, 0.3) is 0 Å². The number of hydrogen-bond acceptors (Lipinski definition) is 1. The number of nitrogens with two attached hydrogens (primary N) is 1. The van der Waals surface area contributed by atoms with E-state index in [0.717, 1.165) is 11.1 Å². The zero-order valence-electron chi connectivity index (χ0n) is 9.84. The zero-order valence-corrected chi connectivity index (χ0v) is 10.6.